The van der Waals surface area contributed by atoms with Gasteiger partial charge in [-0.25, -0.2) is 17.5 Å². The smallest absolute Gasteiger partial charge is 0.211 e. The van der Waals surface area contributed by atoms with Gasteiger partial charge < -0.3 is 10.4 Å². The van der Waals surface area contributed by atoms with Gasteiger partial charge in [0, 0.05) is 18.1 Å². The minimum absolute atomic E-state index is 0. The summed E-state index contributed by atoms with van der Waals surface area (Å²) in [7, 11) is -3.14. The highest BCUT2D eigenvalue weighted by Crippen LogP contribution is 2.31. The summed E-state index contributed by atoms with van der Waals surface area (Å²) in [6.07, 6.45) is 3.93. The van der Waals surface area contributed by atoms with Crippen LogP contribution in [0.5, 0.6) is 0 Å². The molecule has 1 aromatic rings. The normalized spacial score (nSPS) is 21.8. The molecule has 0 bridgehead atoms. The van der Waals surface area contributed by atoms with E-state index in [9.17, 15) is 17.9 Å². The van der Waals surface area contributed by atoms with E-state index in [1.54, 1.807) is 19.1 Å². The molecule has 1 aliphatic rings. The fraction of sp³-hybridized carbons (Fsp3) is 0.700. The highest BCUT2D eigenvalue weighted by atomic mass is 35.5. The summed E-state index contributed by atoms with van der Waals surface area (Å²) in [6.45, 7) is 6.23. The van der Waals surface area contributed by atoms with Crippen LogP contribution in [0.4, 0.5) is 4.39 Å². The molecule has 0 aromatic heterocycles. The zero-order chi connectivity index (χ0) is 20.1. The van der Waals surface area contributed by atoms with Gasteiger partial charge in [0.25, 0.3) is 0 Å². The lowest BCUT2D eigenvalue weighted by Crippen LogP contribution is -2.44. The van der Waals surface area contributed by atoms with Crippen molar-refractivity contribution in [1.82, 2.24) is 10.0 Å². The summed E-state index contributed by atoms with van der Waals surface area (Å²) in [5, 5.41) is 13.7. The largest absolute Gasteiger partial charge is 0.387 e. The van der Waals surface area contributed by atoms with E-state index in [0.29, 0.717) is 18.0 Å². The Morgan fingerprint density at radius 3 is 2.46 bits per heavy atom. The van der Waals surface area contributed by atoms with Crippen LogP contribution in [-0.2, 0) is 10.0 Å². The lowest BCUT2D eigenvalue weighted by molar-refractivity contribution is 0.149. The van der Waals surface area contributed by atoms with Gasteiger partial charge in [0.15, 0.2) is 0 Å². The second-order valence-corrected chi connectivity index (χ2v) is 10.3. The Morgan fingerprint density at radius 2 is 1.89 bits per heavy atom. The van der Waals surface area contributed by atoms with Crippen LogP contribution in [0.15, 0.2) is 24.3 Å². The number of hydrogen-bond acceptors (Lipinski definition) is 4. The molecule has 0 aliphatic heterocycles. The number of sulfonamides is 1. The molecule has 2 rings (SSSR count). The molecule has 1 saturated carbocycles. The molecule has 1 fully saturated rings. The maximum atomic E-state index is 13.3. The van der Waals surface area contributed by atoms with Crippen LogP contribution < -0.4 is 10.0 Å². The molecule has 0 spiro atoms. The number of β-amino-alcohol motifs (C(OH)–C–C–N with tert-alkyl or cyclic N) is 1. The fourth-order valence-electron chi connectivity index (χ4n) is 3.82. The summed E-state index contributed by atoms with van der Waals surface area (Å²) < 4.78 is 39.5. The molecule has 0 heterocycles. The lowest BCUT2D eigenvalue weighted by atomic mass is 9.79. The number of benzene rings is 1. The predicted octanol–water partition coefficient (Wildman–Crippen LogP) is 3.54. The Balaban J connectivity index is 0.00000392. The van der Waals surface area contributed by atoms with Gasteiger partial charge in [-0.15, -0.1) is 12.4 Å². The van der Waals surface area contributed by atoms with E-state index in [-0.39, 0.29) is 35.6 Å². The van der Waals surface area contributed by atoms with E-state index in [4.69, 9.17) is 0 Å². The molecule has 162 valence electrons. The average Bonchev–Trinajstić information content (AvgIpc) is 2.61. The Bertz CT molecular complexity index is 707. The van der Waals surface area contributed by atoms with E-state index >= 15 is 0 Å². The quantitative estimate of drug-likeness (QED) is 0.553. The van der Waals surface area contributed by atoms with Crippen molar-refractivity contribution in [2.45, 2.75) is 70.6 Å². The van der Waals surface area contributed by atoms with Crippen molar-refractivity contribution in [2.75, 3.05) is 12.3 Å². The van der Waals surface area contributed by atoms with Crippen molar-refractivity contribution in [1.29, 1.82) is 0 Å². The molecule has 0 unspecified atom stereocenters. The number of aliphatic hydroxyl groups excluding tert-OH is 1. The third kappa shape index (κ3) is 8.33. The van der Waals surface area contributed by atoms with Gasteiger partial charge in [0.05, 0.1) is 11.9 Å². The highest BCUT2D eigenvalue weighted by molar-refractivity contribution is 7.89. The molecule has 1 aliphatic carbocycles. The zero-order valence-electron chi connectivity index (χ0n) is 16.9. The van der Waals surface area contributed by atoms with Crippen molar-refractivity contribution in [3.8, 4) is 0 Å². The minimum atomic E-state index is -3.14. The SMILES string of the molecule is CCS(=O)(=O)NC1CCC(CC(C)(C)NC[C@H](O)c2cccc(F)c2)CC1.Cl. The van der Waals surface area contributed by atoms with Crippen molar-refractivity contribution in [3.05, 3.63) is 35.6 Å². The van der Waals surface area contributed by atoms with E-state index in [1.807, 2.05) is 0 Å². The van der Waals surface area contributed by atoms with E-state index in [1.165, 1.54) is 12.1 Å². The molecular weight excluding hydrogens is 403 g/mol. The minimum Gasteiger partial charge on any atom is -0.387 e. The molecule has 8 heteroatoms. The first-order chi connectivity index (χ1) is 12.6. The Morgan fingerprint density at radius 1 is 1.25 bits per heavy atom. The Hall–Kier alpha value is -0.730. The standard InChI is InChI=1S/C20H33FN2O3S.ClH/c1-4-27(25,26)23-18-10-8-15(9-11-18)13-20(2,3)22-14-19(24)16-6-5-7-17(21)12-16;/h5-7,12,15,18-19,22-24H,4,8-11,13-14H2,1-3H3;1H/t15?,18?,19-;/m0./s1. The first-order valence-corrected chi connectivity index (χ1v) is 11.4. The van der Waals surface area contributed by atoms with Gasteiger partial charge >= 0.3 is 0 Å². The van der Waals surface area contributed by atoms with Crippen LogP contribution in [-0.4, -0.2) is 37.4 Å². The van der Waals surface area contributed by atoms with Crippen LogP contribution in [0.3, 0.4) is 0 Å². The van der Waals surface area contributed by atoms with Crippen LogP contribution >= 0.6 is 12.4 Å². The van der Waals surface area contributed by atoms with Crippen molar-refractivity contribution < 1.29 is 17.9 Å². The maximum Gasteiger partial charge on any atom is 0.211 e. The topological polar surface area (TPSA) is 78.4 Å². The first kappa shape index (κ1) is 25.3. The molecule has 0 radical (unpaired) electrons. The first-order valence-electron chi connectivity index (χ1n) is 9.79. The van der Waals surface area contributed by atoms with Gasteiger partial charge in [0.1, 0.15) is 5.82 Å². The van der Waals surface area contributed by atoms with Gasteiger partial charge in [-0.3, -0.25) is 0 Å². The van der Waals surface area contributed by atoms with Crippen LogP contribution in [0.25, 0.3) is 0 Å². The molecular formula is C20H34ClFN2O3S. The Labute approximate surface area is 175 Å². The van der Waals surface area contributed by atoms with E-state index in [2.05, 4.69) is 23.9 Å². The van der Waals surface area contributed by atoms with E-state index < -0.39 is 16.1 Å². The highest BCUT2D eigenvalue weighted by Gasteiger charge is 2.29. The number of halogens is 2. The summed E-state index contributed by atoms with van der Waals surface area (Å²) in [5.41, 5.74) is 0.413. The Kier molecular flexibility index (Phi) is 9.83. The predicted molar refractivity (Wildman–Crippen MR) is 114 cm³/mol. The number of rotatable bonds is 9. The third-order valence-electron chi connectivity index (χ3n) is 5.38. The van der Waals surface area contributed by atoms with Gasteiger partial charge in [-0.1, -0.05) is 12.1 Å². The summed E-state index contributed by atoms with van der Waals surface area (Å²) in [5.74, 6) is 0.305. The average molecular weight is 437 g/mol. The van der Waals surface area contributed by atoms with Crippen molar-refractivity contribution >= 4 is 22.4 Å². The number of aliphatic hydroxyl groups is 1. The summed E-state index contributed by atoms with van der Waals surface area (Å²) >= 11 is 0. The van der Waals surface area contributed by atoms with Gasteiger partial charge in [-0.2, -0.15) is 0 Å². The monoisotopic (exact) mass is 436 g/mol. The molecule has 1 atom stereocenters. The summed E-state index contributed by atoms with van der Waals surface area (Å²) in [6, 6.07) is 6.10. The van der Waals surface area contributed by atoms with Gasteiger partial charge in [0.2, 0.25) is 10.0 Å². The van der Waals surface area contributed by atoms with Crippen molar-refractivity contribution in [2.24, 2.45) is 5.92 Å². The van der Waals surface area contributed by atoms with Gasteiger partial charge in [-0.05, 0) is 76.5 Å². The number of nitrogens with one attached hydrogen (secondary N) is 2. The van der Waals surface area contributed by atoms with Crippen LogP contribution in [0, 0.1) is 11.7 Å². The second kappa shape index (κ2) is 10.9. The maximum absolute atomic E-state index is 13.3. The molecule has 0 saturated heterocycles. The second-order valence-electron chi connectivity index (χ2n) is 8.28. The van der Waals surface area contributed by atoms with Crippen LogP contribution in [0.1, 0.15) is 64.5 Å². The molecule has 5 nitrogen and oxygen atoms in total. The molecule has 0 amide bonds. The van der Waals surface area contributed by atoms with Crippen LogP contribution in [0.2, 0.25) is 0 Å². The fourth-order valence-corrected chi connectivity index (χ4v) is 4.73. The lowest BCUT2D eigenvalue weighted by Gasteiger charge is -2.35. The zero-order valence-corrected chi connectivity index (χ0v) is 18.6. The number of hydrogen-bond donors (Lipinski definition) is 3. The third-order valence-corrected chi connectivity index (χ3v) is 6.83. The molecule has 3 N–H and O–H groups in total. The molecule has 28 heavy (non-hydrogen) atoms. The van der Waals surface area contributed by atoms with E-state index in [0.717, 1.165) is 32.1 Å². The van der Waals surface area contributed by atoms with Crippen molar-refractivity contribution in [3.63, 3.8) is 0 Å². The molecule has 1 aromatic carbocycles. The summed E-state index contributed by atoms with van der Waals surface area (Å²) in [4.78, 5) is 0.